The van der Waals surface area contributed by atoms with Gasteiger partial charge in [-0.25, -0.2) is 0 Å². The molecule has 2 aliphatic heterocycles. The van der Waals surface area contributed by atoms with Crippen molar-refractivity contribution in [3.8, 4) is 0 Å². The molecule has 0 radical (unpaired) electrons. The molecular formula is C14H15BrINO. The van der Waals surface area contributed by atoms with Gasteiger partial charge in [0.1, 0.15) is 5.78 Å². The zero-order chi connectivity index (χ0) is 12.7. The second-order valence-electron chi connectivity index (χ2n) is 5.19. The number of Topliss-reactive ketones (excluding diaryl/α,β-unsaturated/α-hetero) is 1. The summed E-state index contributed by atoms with van der Waals surface area (Å²) >= 11 is 6.00. The quantitative estimate of drug-likeness (QED) is 0.637. The molecule has 0 amide bonds. The van der Waals surface area contributed by atoms with E-state index in [4.69, 9.17) is 0 Å². The van der Waals surface area contributed by atoms with Crippen LogP contribution in [0.1, 0.15) is 32.1 Å². The van der Waals surface area contributed by atoms with Crippen LogP contribution in [0.25, 0.3) is 0 Å². The molecule has 0 saturated carbocycles. The Morgan fingerprint density at radius 3 is 2.50 bits per heavy atom. The number of rotatable bonds is 1. The van der Waals surface area contributed by atoms with Gasteiger partial charge >= 0.3 is 0 Å². The lowest BCUT2D eigenvalue weighted by Gasteiger charge is -2.47. The van der Waals surface area contributed by atoms with Crippen molar-refractivity contribution < 1.29 is 4.79 Å². The van der Waals surface area contributed by atoms with E-state index in [-0.39, 0.29) is 0 Å². The maximum absolute atomic E-state index is 11.8. The van der Waals surface area contributed by atoms with E-state index >= 15 is 0 Å². The van der Waals surface area contributed by atoms with Crippen molar-refractivity contribution >= 4 is 50.0 Å². The van der Waals surface area contributed by atoms with E-state index in [9.17, 15) is 4.79 Å². The maximum Gasteiger partial charge on any atom is 0.137 e. The molecule has 2 atom stereocenters. The van der Waals surface area contributed by atoms with Crippen molar-refractivity contribution in [2.24, 2.45) is 0 Å². The van der Waals surface area contributed by atoms with Crippen LogP contribution in [0.2, 0.25) is 0 Å². The summed E-state index contributed by atoms with van der Waals surface area (Å²) in [5, 5.41) is 0. The number of nitrogens with zero attached hydrogens (tertiary/aromatic N) is 1. The Bertz CT molecular complexity index is 475. The van der Waals surface area contributed by atoms with Gasteiger partial charge < -0.3 is 4.90 Å². The monoisotopic (exact) mass is 419 g/mol. The fraction of sp³-hybridized carbons (Fsp3) is 0.500. The predicted molar refractivity (Wildman–Crippen MR) is 85.0 cm³/mol. The van der Waals surface area contributed by atoms with Crippen LogP contribution in [0.3, 0.4) is 0 Å². The molecule has 2 nitrogen and oxygen atoms in total. The molecule has 0 aliphatic carbocycles. The Kier molecular flexibility index (Phi) is 3.67. The molecule has 1 aromatic carbocycles. The second-order valence-corrected chi connectivity index (χ2v) is 7.29. The van der Waals surface area contributed by atoms with Gasteiger partial charge in [-0.1, -0.05) is 0 Å². The number of anilines is 1. The van der Waals surface area contributed by atoms with Gasteiger partial charge in [0.25, 0.3) is 0 Å². The zero-order valence-electron chi connectivity index (χ0n) is 10.0. The molecule has 0 N–H and O–H groups in total. The average molecular weight is 420 g/mol. The minimum absolute atomic E-state index is 0.418. The lowest BCUT2D eigenvalue weighted by molar-refractivity contribution is -0.121. The van der Waals surface area contributed by atoms with Crippen molar-refractivity contribution in [3.63, 3.8) is 0 Å². The molecule has 2 fully saturated rings. The summed E-state index contributed by atoms with van der Waals surface area (Å²) in [6, 6.07) is 7.32. The van der Waals surface area contributed by atoms with Crippen molar-refractivity contribution in [3.05, 3.63) is 26.2 Å². The number of fused-ring (bicyclic) bond motifs is 2. The number of hydrogen-bond donors (Lipinski definition) is 0. The topological polar surface area (TPSA) is 20.3 Å². The first-order valence-electron chi connectivity index (χ1n) is 6.40. The molecule has 4 heteroatoms. The van der Waals surface area contributed by atoms with Crippen LogP contribution in [0.15, 0.2) is 22.7 Å². The SMILES string of the molecule is O=C1CC2CCCC(C1)N2c1ccc(I)cc1Br. The second kappa shape index (κ2) is 5.12. The van der Waals surface area contributed by atoms with Gasteiger partial charge in [-0.3, -0.25) is 4.79 Å². The summed E-state index contributed by atoms with van der Waals surface area (Å²) in [6.45, 7) is 0. The fourth-order valence-electron chi connectivity index (χ4n) is 3.26. The lowest BCUT2D eigenvalue weighted by atomic mass is 9.83. The van der Waals surface area contributed by atoms with Crippen LogP contribution in [0.4, 0.5) is 5.69 Å². The molecule has 2 bridgehead atoms. The number of carbonyl (C=O) groups excluding carboxylic acids is 1. The highest BCUT2D eigenvalue weighted by Gasteiger charge is 2.38. The van der Waals surface area contributed by atoms with E-state index in [1.165, 1.54) is 15.7 Å². The molecule has 0 aromatic heterocycles. The smallest absolute Gasteiger partial charge is 0.137 e. The normalized spacial score (nSPS) is 27.4. The Labute approximate surface area is 129 Å². The average Bonchev–Trinajstić information content (AvgIpc) is 2.28. The molecule has 2 aliphatic rings. The van der Waals surface area contributed by atoms with Crippen LogP contribution in [-0.4, -0.2) is 17.9 Å². The van der Waals surface area contributed by atoms with Gasteiger partial charge in [-0.2, -0.15) is 0 Å². The number of carbonyl (C=O) groups is 1. The maximum atomic E-state index is 11.8. The van der Waals surface area contributed by atoms with Crippen LogP contribution >= 0.6 is 38.5 Å². The van der Waals surface area contributed by atoms with Crippen molar-refractivity contribution in [2.75, 3.05) is 4.90 Å². The summed E-state index contributed by atoms with van der Waals surface area (Å²) in [5.74, 6) is 0.447. The van der Waals surface area contributed by atoms with E-state index in [1.54, 1.807) is 0 Å². The van der Waals surface area contributed by atoms with E-state index in [2.05, 4.69) is 61.6 Å². The van der Waals surface area contributed by atoms with Crippen molar-refractivity contribution in [2.45, 2.75) is 44.2 Å². The third-order valence-electron chi connectivity index (χ3n) is 3.98. The van der Waals surface area contributed by atoms with Crippen molar-refractivity contribution in [1.29, 1.82) is 0 Å². The Balaban J connectivity index is 1.97. The summed E-state index contributed by atoms with van der Waals surface area (Å²) in [7, 11) is 0. The summed E-state index contributed by atoms with van der Waals surface area (Å²) in [6.07, 6.45) is 5.03. The van der Waals surface area contributed by atoms with Crippen LogP contribution in [0.5, 0.6) is 0 Å². The Morgan fingerprint density at radius 2 is 1.89 bits per heavy atom. The summed E-state index contributed by atoms with van der Waals surface area (Å²) < 4.78 is 2.39. The number of halogens is 2. The summed E-state index contributed by atoms with van der Waals surface area (Å²) in [4.78, 5) is 14.2. The Hall–Kier alpha value is -0.100. The first-order chi connectivity index (χ1) is 8.65. The largest absolute Gasteiger partial charge is 0.364 e. The number of ketones is 1. The molecule has 2 unspecified atom stereocenters. The van der Waals surface area contributed by atoms with Gasteiger partial charge in [0.15, 0.2) is 0 Å². The lowest BCUT2D eigenvalue weighted by Crippen LogP contribution is -2.52. The molecule has 1 aromatic rings. The molecule has 0 spiro atoms. The molecule has 96 valence electrons. The Morgan fingerprint density at radius 1 is 1.22 bits per heavy atom. The third-order valence-corrected chi connectivity index (χ3v) is 5.28. The van der Waals surface area contributed by atoms with Gasteiger partial charge in [0.2, 0.25) is 0 Å². The minimum Gasteiger partial charge on any atom is -0.364 e. The van der Waals surface area contributed by atoms with Gasteiger partial charge in [0, 0.05) is 33.0 Å². The third kappa shape index (κ3) is 2.33. The van der Waals surface area contributed by atoms with E-state index in [0.29, 0.717) is 17.9 Å². The van der Waals surface area contributed by atoms with Gasteiger partial charge in [-0.15, -0.1) is 0 Å². The minimum atomic E-state index is 0.418. The molecule has 3 rings (SSSR count). The summed E-state index contributed by atoms with van der Waals surface area (Å²) in [5.41, 5.74) is 1.26. The highest BCUT2D eigenvalue weighted by molar-refractivity contribution is 14.1. The fourth-order valence-corrected chi connectivity index (χ4v) is 4.76. The molecule has 2 heterocycles. The molecular weight excluding hydrogens is 405 g/mol. The van der Waals surface area contributed by atoms with E-state index in [0.717, 1.165) is 30.2 Å². The highest BCUT2D eigenvalue weighted by atomic mass is 127. The van der Waals surface area contributed by atoms with Gasteiger partial charge in [0.05, 0.1) is 5.69 Å². The van der Waals surface area contributed by atoms with Crippen molar-refractivity contribution in [1.82, 2.24) is 0 Å². The predicted octanol–water partition coefficient (Wildman–Crippen LogP) is 4.14. The zero-order valence-corrected chi connectivity index (χ0v) is 13.8. The standard InChI is InChI=1S/C14H15BrINO/c15-13-6-9(16)4-5-14(13)17-10-2-1-3-11(17)8-12(18)7-10/h4-6,10-11H,1-3,7-8H2. The molecule has 18 heavy (non-hydrogen) atoms. The first kappa shape index (κ1) is 12.9. The van der Waals surface area contributed by atoms with Crippen LogP contribution in [-0.2, 0) is 4.79 Å². The number of hydrogen-bond acceptors (Lipinski definition) is 2. The van der Waals surface area contributed by atoms with Crippen LogP contribution < -0.4 is 4.90 Å². The van der Waals surface area contributed by atoms with E-state index < -0.39 is 0 Å². The molecule has 2 saturated heterocycles. The first-order valence-corrected chi connectivity index (χ1v) is 8.27. The van der Waals surface area contributed by atoms with Gasteiger partial charge in [-0.05, 0) is 76.0 Å². The van der Waals surface area contributed by atoms with E-state index in [1.807, 2.05) is 0 Å². The number of piperidine rings is 2. The van der Waals surface area contributed by atoms with Crippen LogP contribution in [0, 0.1) is 3.57 Å². The number of benzene rings is 1. The highest BCUT2D eigenvalue weighted by Crippen LogP contribution is 2.39.